The standard InChI is InChI=1S/C17H20N3O2/c18-17(22)16-10-14(8-9-20-16)11-19-12-15(21)7-6-13-4-2-1-3-5-13/h1-5,7-10,15,19,21H,6,11-12H2,(H2,18,22)/t15-/m1/s1. The van der Waals surface area contributed by atoms with E-state index in [1.165, 1.54) is 5.56 Å². The van der Waals surface area contributed by atoms with Gasteiger partial charge in [-0.25, -0.2) is 0 Å². The Morgan fingerprint density at radius 3 is 2.77 bits per heavy atom. The number of benzene rings is 1. The van der Waals surface area contributed by atoms with Gasteiger partial charge in [-0.05, 0) is 36.1 Å². The summed E-state index contributed by atoms with van der Waals surface area (Å²) in [7, 11) is 0. The van der Waals surface area contributed by atoms with Gasteiger partial charge in [-0.2, -0.15) is 0 Å². The molecule has 1 atom stereocenters. The van der Waals surface area contributed by atoms with Crippen molar-refractivity contribution in [2.75, 3.05) is 6.54 Å². The average Bonchev–Trinajstić information content (AvgIpc) is 2.54. The SMILES string of the molecule is NC(=O)c1cc(CNC[C@H](O)[CH]Cc2ccccc2)ccn1. The van der Waals surface area contributed by atoms with E-state index >= 15 is 0 Å². The van der Waals surface area contributed by atoms with Gasteiger partial charge in [0.25, 0.3) is 5.91 Å². The molecule has 4 N–H and O–H groups in total. The molecule has 2 aromatic rings. The Balaban J connectivity index is 1.71. The number of carbonyl (C=O) groups is 1. The Hall–Kier alpha value is -2.24. The topological polar surface area (TPSA) is 88.2 Å². The molecule has 22 heavy (non-hydrogen) atoms. The van der Waals surface area contributed by atoms with Crippen LogP contribution in [0.25, 0.3) is 0 Å². The predicted octanol–water partition coefficient (Wildman–Crippen LogP) is 1.08. The third-order valence-electron chi connectivity index (χ3n) is 3.23. The molecule has 1 aromatic heterocycles. The zero-order chi connectivity index (χ0) is 15.8. The smallest absolute Gasteiger partial charge is 0.267 e. The summed E-state index contributed by atoms with van der Waals surface area (Å²) in [5, 5.41) is 13.1. The molecule has 5 nitrogen and oxygen atoms in total. The van der Waals surface area contributed by atoms with Crippen molar-refractivity contribution in [3.63, 3.8) is 0 Å². The van der Waals surface area contributed by atoms with Crippen LogP contribution in [-0.2, 0) is 13.0 Å². The molecule has 1 heterocycles. The Kier molecular flexibility index (Phi) is 6.06. The third kappa shape index (κ3) is 5.27. The number of primary amides is 1. The lowest BCUT2D eigenvalue weighted by molar-refractivity contribution is 0.0995. The van der Waals surface area contributed by atoms with Gasteiger partial charge < -0.3 is 16.2 Å². The minimum Gasteiger partial charge on any atom is -0.391 e. The lowest BCUT2D eigenvalue weighted by Gasteiger charge is -2.12. The van der Waals surface area contributed by atoms with Crippen molar-refractivity contribution in [2.45, 2.75) is 19.1 Å². The maximum Gasteiger partial charge on any atom is 0.267 e. The van der Waals surface area contributed by atoms with Crippen LogP contribution in [0.5, 0.6) is 0 Å². The van der Waals surface area contributed by atoms with Crippen LogP contribution >= 0.6 is 0 Å². The number of rotatable bonds is 8. The second-order valence-electron chi connectivity index (χ2n) is 5.04. The highest BCUT2D eigenvalue weighted by Gasteiger charge is 2.06. The van der Waals surface area contributed by atoms with E-state index < -0.39 is 12.0 Å². The highest BCUT2D eigenvalue weighted by Crippen LogP contribution is 2.04. The maximum atomic E-state index is 11.0. The fourth-order valence-electron chi connectivity index (χ4n) is 2.05. The van der Waals surface area contributed by atoms with E-state index in [-0.39, 0.29) is 5.69 Å². The van der Waals surface area contributed by atoms with Crippen LogP contribution in [0, 0.1) is 6.42 Å². The van der Waals surface area contributed by atoms with Gasteiger partial charge in [-0.15, -0.1) is 0 Å². The number of pyridine rings is 1. The Bertz CT molecular complexity index is 602. The largest absolute Gasteiger partial charge is 0.391 e. The van der Waals surface area contributed by atoms with E-state index in [1.807, 2.05) is 36.8 Å². The number of aliphatic hydroxyl groups is 1. The number of nitrogens with zero attached hydrogens (tertiary/aromatic N) is 1. The minimum absolute atomic E-state index is 0.246. The first-order chi connectivity index (χ1) is 10.6. The highest BCUT2D eigenvalue weighted by molar-refractivity contribution is 5.90. The molecule has 0 unspecified atom stereocenters. The van der Waals surface area contributed by atoms with Crippen LogP contribution in [0.15, 0.2) is 48.7 Å². The Morgan fingerprint density at radius 1 is 1.27 bits per heavy atom. The molecule has 0 saturated heterocycles. The fraction of sp³-hybridized carbons (Fsp3) is 0.235. The molecule has 0 aliphatic carbocycles. The number of hydrogen-bond donors (Lipinski definition) is 3. The molecule has 0 aliphatic heterocycles. The summed E-state index contributed by atoms with van der Waals surface area (Å²) < 4.78 is 0. The van der Waals surface area contributed by atoms with Crippen molar-refractivity contribution in [1.82, 2.24) is 10.3 Å². The van der Waals surface area contributed by atoms with Crippen LogP contribution < -0.4 is 11.1 Å². The molecular formula is C17H20N3O2. The van der Waals surface area contributed by atoms with Gasteiger partial charge in [-0.1, -0.05) is 30.3 Å². The number of nitrogens with two attached hydrogens (primary N) is 1. The normalized spacial score (nSPS) is 12.0. The van der Waals surface area contributed by atoms with Crippen molar-refractivity contribution in [3.8, 4) is 0 Å². The van der Waals surface area contributed by atoms with E-state index in [1.54, 1.807) is 18.3 Å². The fourth-order valence-corrected chi connectivity index (χ4v) is 2.05. The third-order valence-corrected chi connectivity index (χ3v) is 3.23. The van der Waals surface area contributed by atoms with Gasteiger partial charge >= 0.3 is 0 Å². The zero-order valence-electron chi connectivity index (χ0n) is 12.3. The van der Waals surface area contributed by atoms with Crippen LogP contribution in [0.1, 0.15) is 21.6 Å². The second kappa shape index (κ2) is 8.26. The van der Waals surface area contributed by atoms with Gasteiger partial charge in [-0.3, -0.25) is 9.78 Å². The lowest BCUT2D eigenvalue weighted by Crippen LogP contribution is -2.27. The molecule has 115 valence electrons. The van der Waals surface area contributed by atoms with Crippen LogP contribution in [0.3, 0.4) is 0 Å². The van der Waals surface area contributed by atoms with Crippen LogP contribution in [0.4, 0.5) is 0 Å². The average molecular weight is 298 g/mol. The van der Waals surface area contributed by atoms with E-state index in [9.17, 15) is 9.90 Å². The van der Waals surface area contributed by atoms with Crippen molar-refractivity contribution in [1.29, 1.82) is 0 Å². The molecule has 5 heteroatoms. The van der Waals surface area contributed by atoms with Crippen molar-refractivity contribution in [3.05, 3.63) is 71.9 Å². The first-order valence-electron chi connectivity index (χ1n) is 7.16. The first-order valence-corrected chi connectivity index (χ1v) is 7.16. The number of aromatic nitrogens is 1. The summed E-state index contributed by atoms with van der Waals surface area (Å²) in [6.45, 7) is 0.986. The molecule has 2 rings (SSSR count). The molecule has 0 aliphatic rings. The Morgan fingerprint density at radius 2 is 2.05 bits per heavy atom. The van der Waals surface area contributed by atoms with Gasteiger partial charge in [0.15, 0.2) is 0 Å². The number of amides is 1. The van der Waals surface area contributed by atoms with E-state index in [0.717, 1.165) is 12.0 Å². The molecule has 1 amide bonds. The van der Waals surface area contributed by atoms with E-state index in [4.69, 9.17) is 5.73 Å². The molecule has 0 bridgehead atoms. The zero-order valence-corrected chi connectivity index (χ0v) is 12.3. The Labute approximate surface area is 130 Å². The monoisotopic (exact) mass is 298 g/mol. The van der Waals surface area contributed by atoms with Gasteiger partial charge in [0.05, 0.1) is 6.10 Å². The summed E-state index contributed by atoms with van der Waals surface area (Å²) in [5.41, 5.74) is 7.50. The summed E-state index contributed by atoms with van der Waals surface area (Å²) in [4.78, 5) is 14.9. The van der Waals surface area contributed by atoms with Gasteiger partial charge in [0, 0.05) is 19.3 Å². The van der Waals surface area contributed by atoms with E-state index in [2.05, 4.69) is 10.3 Å². The number of hydrogen-bond acceptors (Lipinski definition) is 4. The number of aliphatic hydroxyl groups excluding tert-OH is 1. The summed E-state index contributed by atoms with van der Waals surface area (Å²) in [6, 6.07) is 13.4. The van der Waals surface area contributed by atoms with Gasteiger partial charge in [0.1, 0.15) is 5.69 Å². The van der Waals surface area contributed by atoms with Gasteiger partial charge in [0.2, 0.25) is 0 Å². The molecule has 0 saturated carbocycles. The molecular weight excluding hydrogens is 278 g/mol. The van der Waals surface area contributed by atoms with Crippen LogP contribution in [0.2, 0.25) is 0 Å². The lowest BCUT2D eigenvalue weighted by atomic mass is 10.1. The highest BCUT2D eigenvalue weighted by atomic mass is 16.3. The molecule has 1 radical (unpaired) electrons. The van der Waals surface area contributed by atoms with Crippen molar-refractivity contribution < 1.29 is 9.90 Å². The maximum absolute atomic E-state index is 11.0. The van der Waals surface area contributed by atoms with Crippen molar-refractivity contribution in [2.24, 2.45) is 5.73 Å². The first kappa shape index (κ1) is 16.1. The molecule has 1 aromatic carbocycles. The predicted molar refractivity (Wildman–Crippen MR) is 84.9 cm³/mol. The summed E-state index contributed by atoms with van der Waals surface area (Å²) in [6.07, 6.45) is 3.61. The number of nitrogens with one attached hydrogen (secondary N) is 1. The summed E-state index contributed by atoms with van der Waals surface area (Å²) >= 11 is 0. The minimum atomic E-state index is -0.543. The second-order valence-corrected chi connectivity index (χ2v) is 5.04. The quantitative estimate of drug-likeness (QED) is 0.680. The molecule has 0 fully saturated rings. The van der Waals surface area contributed by atoms with Crippen LogP contribution in [-0.4, -0.2) is 28.6 Å². The molecule has 0 spiro atoms. The van der Waals surface area contributed by atoms with Crippen molar-refractivity contribution >= 4 is 5.91 Å². The summed E-state index contributed by atoms with van der Waals surface area (Å²) in [5.74, 6) is -0.543. The van der Waals surface area contributed by atoms with E-state index in [0.29, 0.717) is 13.1 Å². The number of carbonyl (C=O) groups excluding carboxylic acids is 1.